The Labute approximate surface area is 208 Å². The number of hydrogen-bond donors (Lipinski definition) is 2. The van der Waals surface area contributed by atoms with Crippen LogP contribution in [0.1, 0.15) is 39.0 Å². The first kappa shape index (κ1) is 24.8. The largest absolute Gasteiger partial charge is 0.479 e. The first-order valence-electron chi connectivity index (χ1n) is 11.7. The van der Waals surface area contributed by atoms with E-state index >= 15 is 0 Å². The van der Waals surface area contributed by atoms with E-state index in [0.717, 1.165) is 19.3 Å². The SMILES string of the molecule is CC(Oc1ccc(Cl)cc1Cl)C(=O)N1C[C@@H]2CCC[C@H]2C1C(=O)N[C@H](C=O)C[C@@H]1CCNC1=O. The van der Waals surface area contributed by atoms with Crippen LogP contribution < -0.4 is 15.4 Å². The van der Waals surface area contributed by atoms with Crippen LogP contribution in [-0.2, 0) is 19.2 Å². The van der Waals surface area contributed by atoms with Crippen LogP contribution in [-0.4, -0.2) is 60.2 Å². The predicted octanol–water partition coefficient (Wildman–Crippen LogP) is 2.60. The molecule has 2 unspecified atom stereocenters. The Bertz CT molecular complexity index is 974. The highest BCUT2D eigenvalue weighted by atomic mass is 35.5. The van der Waals surface area contributed by atoms with Gasteiger partial charge in [0.15, 0.2) is 6.10 Å². The van der Waals surface area contributed by atoms with Gasteiger partial charge >= 0.3 is 0 Å². The number of rotatable bonds is 8. The quantitative estimate of drug-likeness (QED) is 0.524. The Kier molecular flexibility index (Phi) is 7.67. The van der Waals surface area contributed by atoms with Crippen molar-refractivity contribution in [2.45, 2.75) is 57.2 Å². The molecule has 1 saturated carbocycles. The Morgan fingerprint density at radius 2 is 2.09 bits per heavy atom. The van der Waals surface area contributed by atoms with E-state index in [1.807, 2.05) is 0 Å². The summed E-state index contributed by atoms with van der Waals surface area (Å²) >= 11 is 12.1. The van der Waals surface area contributed by atoms with E-state index in [0.29, 0.717) is 41.6 Å². The molecular formula is C24H29Cl2N3O5. The second-order valence-electron chi connectivity index (χ2n) is 9.39. The molecule has 3 fully saturated rings. The molecule has 8 nitrogen and oxygen atoms in total. The number of carbonyl (C=O) groups excluding carboxylic acids is 4. The highest BCUT2D eigenvalue weighted by molar-refractivity contribution is 6.35. The molecule has 0 radical (unpaired) electrons. The summed E-state index contributed by atoms with van der Waals surface area (Å²) < 4.78 is 5.81. The van der Waals surface area contributed by atoms with E-state index in [-0.39, 0.29) is 41.9 Å². The van der Waals surface area contributed by atoms with Crippen molar-refractivity contribution in [1.29, 1.82) is 0 Å². The molecule has 2 saturated heterocycles. The average molecular weight is 510 g/mol. The Hall–Kier alpha value is -2.32. The molecule has 1 aliphatic carbocycles. The second-order valence-corrected chi connectivity index (χ2v) is 10.2. The number of fused-ring (bicyclic) bond motifs is 1. The third kappa shape index (κ3) is 5.18. The summed E-state index contributed by atoms with van der Waals surface area (Å²) in [5.74, 6) is -0.440. The van der Waals surface area contributed by atoms with Gasteiger partial charge in [-0.05, 0) is 62.6 Å². The minimum absolute atomic E-state index is 0.0392. The lowest BCUT2D eigenvalue weighted by Gasteiger charge is -2.30. The van der Waals surface area contributed by atoms with Crippen molar-refractivity contribution in [3.63, 3.8) is 0 Å². The smallest absolute Gasteiger partial charge is 0.264 e. The van der Waals surface area contributed by atoms with E-state index in [4.69, 9.17) is 27.9 Å². The third-order valence-corrected chi connectivity index (χ3v) is 7.71. The van der Waals surface area contributed by atoms with Gasteiger partial charge in [-0.25, -0.2) is 0 Å². The van der Waals surface area contributed by atoms with Gasteiger partial charge in [-0.15, -0.1) is 0 Å². The molecule has 0 spiro atoms. The molecule has 184 valence electrons. The Balaban J connectivity index is 1.46. The maximum absolute atomic E-state index is 13.4. The summed E-state index contributed by atoms with van der Waals surface area (Å²) in [6, 6.07) is 3.31. The molecule has 34 heavy (non-hydrogen) atoms. The molecule has 3 aliphatic rings. The van der Waals surface area contributed by atoms with Crippen LogP contribution in [0.3, 0.4) is 0 Å². The number of amides is 3. The van der Waals surface area contributed by atoms with E-state index in [1.54, 1.807) is 24.0 Å². The minimum atomic E-state index is -0.864. The third-order valence-electron chi connectivity index (χ3n) is 7.18. The zero-order chi connectivity index (χ0) is 24.4. The fraction of sp³-hybridized carbons (Fsp3) is 0.583. The lowest BCUT2D eigenvalue weighted by Crippen LogP contribution is -2.54. The molecule has 2 aliphatic heterocycles. The predicted molar refractivity (Wildman–Crippen MR) is 127 cm³/mol. The zero-order valence-corrected chi connectivity index (χ0v) is 20.5. The molecule has 3 amide bonds. The fourth-order valence-corrected chi connectivity index (χ4v) is 5.96. The minimum Gasteiger partial charge on any atom is -0.479 e. The van der Waals surface area contributed by atoms with Gasteiger partial charge in [0.2, 0.25) is 11.8 Å². The summed E-state index contributed by atoms with van der Waals surface area (Å²) in [6.07, 6.45) is 3.51. The van der Waals surface area contributed by atoms with Crippen LogP contribution in [0, 0.1) is 17.8 Å². The van der Waals surface area contributed by atoms with Crippen molar-refractivity contribution < 1.29 is 23.9 Å². The van der Waals surface area contributed by atoms with Gasteiger partial charge in [-0.1, -0.05) is 29.6 Å². The van der Waals surface area contributed by atoms with Gasteiger partial charge in [0.25, 0.3) is 5.91 Å². The number of likely N-dealkylation sites (tertiary alicyclic amines) is 1. The van der Waals surface area contributed by atoms with Gasteiger partial charge in [0, 0.05) is 24.0 Å². The van der Waals surface area contributed by atoms with Crippen LogP contribution in [0.4, 0.5) is 0 Å². The van der Waals surface area contributed by atoms with Gasteiger partial charge in [-0.2, -0.15) is 0 Å². The van der Waals surface area contributed by atoms with Crippen molar-refractivity contribution in [3.05, 3.63) is 28.2 Å². The lowest BCUT2D eigenvalue weighted by molar-refractivity contribution is -0.144. The normalized spacial score (nSPS) is 27.6. The molecule has 0 aromatic heterocycles. The summed E-state index contributed by atoms with van der Waals surface area (Å²) in [4.78, 5) is 51.9. The van der Waals surface area contributed by atoms with Crippen LogP contribution in [0.5, 0.6) is 5.75 Å². The average Bonchev–Trinajstić information content (AvgIpc) is 3.50. The van der Waals surface area contributed by atoms with Crippen molar-refractivity contribution in [1.82, 2.24) is 15.5 Å². The van der Waals surface area contributed by atoms with Crippen molar-refractivity contribution >= 4 is 47.2 Å². The molecule has 1 aromatic carbocycles. The Morgan fingerprint density at radius 1 is 1.29 bits per heavy atom. The van der Waals surface area contributed by atoms with E-state index in [9.17, 15) is 19.2 Å². The van der Waals surface area contributed by atoms with Crippen LogP contribution in [0.15, 0.2) is 18.2 Å². The molecule has 2 N–H and O–H groups in total. The summed E-state index contributed by atoms with van der Waals surface area (Å²) in [7, 11) is 0. The number of benzene rings is 1. The fourth-order valence-electron chi connectivity index (χ4n) is 5.51. The number of carbonyl (C=O) groups is 4. The number of halogens is 2. The molecule has 0 bridgehead atoms. The highest BCUT2D eigenvalue weighted by Gasteiger charge is 2.50. The van der Waals surface area contributed by atoms with Crippen LogP contribution in [0.2, 0.25) is 10.0 Å². The molecule has 1 aromatic rings. The monoisotopic (exact) mass is 509 g/mol. The van der Waals surface area contributed by atoms with Crippen molar-refractivity contribution in [3.8, 4) is 5.75 Å². The van der Waals surface area contributed by atoms with Crippen LogP contribution >= 0.6 is 23.2 Å². The second kappa shape index (κ2) is 10.5. The van der Waals surface area contributed by atoms with Gasteiger partial charge in [0.05, 0.1) is 11.1 Å². The highest BCUT2D eigenvalue weighted by Crippen LogP contribution is 2.42. The molecule has 10 heteroatoms. The zero-order valence-electron chi connectivity index (χ0n) is 19.0. The van der Waals surface area contributed by atoms with Gasteiger partial charge in [-0.3, -0.25) is 14.4 Å². The van der Waals surface area contributed by atoms with Crippen molar-refractivity contribution in [2.75, 3.05) is 13.1 Å². The molecule has 4 rings (SSSR count). The summed E-state index contributed by atoms with van der Waals surface area (Å²) in [5.41, 5.74) is 0. The Morgan fingerprint density at radius 3 is 2.76 bits per heavy atom. The van der Waals surface area contributed by atoms with Crippen LogP contribution in [0.25, 0.3) is 0 Å². The van der Waals surface area contributed by atoms with Crippen molar-refractivity contribution in [2.24, 2.45) is 17.8 Å². The van der Waals surface area contributed by atoms with Gasteiger partial charge in [0.1, 0.15) is 18.1 Å². The number of ether oxygens (including phenoxy) is 1. The van der Waals surface area contributed by atoms with Gasteiger partial charge < -0.3 is 25.1 Å². The first-order valence-corrected chi connectivity index (χ1v) is 12.5. The molecule has 6 atom stereocenters. The topological polar surface area (TPSA) is 105 Å². The number of aldehydes is 1. The number of hydrogen-bond acceptors (Lipinski definition) is 5. The number of nitrogens with zero attached hydrogens (tertiary/aromatic N) is 1. The van der Waals surface area contributed by atoms with E-state index in [1.165, 1.54) is 6.07 Å². The maximum Gasteiger partial charge on any atom is 0.264 e. The summed E-state index contributed by atoms with van der Waals surface area (Å²) in [6.45, 7) is 2.68. The first-order chi connectivity index (χ1) is 16.3. The standard InChI is InChI=1S/C24H29Cl2N3O5/c1-13(34-20-6-5-16(25)10-19(20)26)24(33)29-11-15-3-2-4-18(15)21(29)23(32)28-17(12-30)9-14-7-8-27-22(14)31/h5-6,10,12-15,17-18,21H,2-4,7-9,11H2,1H3,(H,27,31)(H,28,32)/t13?,14-,15-,17-,18+,21?/m0/s1. The maximum atomic E-state index is 13.4. The summed E-state index contributed by atoms with van der Waals surface area (Å²) in [5, 5.41) is 6.30. The van der Waals surface area contributed by atoms with E-state index in [2.05, 4.69) is 10.6 Å². The van der Waals surface area contributed by atoms with E-state index < -0.39 is 18.2 Å². The molecule has 2 heterocycles. The number of nitrogens with one attached hydrogen (secondary N) is 2. The lowest BCUT2D eigenvalue weighted by atomic mass is 9.92. The molecular weight excluding hydrogens is 481 g/mol.